The van der Waals surface area contributed by atoms with Crippen molar-refractivity contribution in [2.75, 3.05) is 33.4 Å². The summed E-state index contributed by atoms with van der Waals surface area (Å²) in [6.45, 7) is 14.7. The van der Waals surface area contributed by atoms with E-state index in [4.69, 9.17) is 9.73 Å². The van der Waals surface area contributed by atoms with E-state index in [0.29, 0.717) is 43.3 Å². The Bertz CT molecular complexity index is 769. The lowest BCUT2D eigenvalue weighted by atomic mass is 9.99. The minimum atomic E-state index is -0.854. The number of hydrogen-bond donors (Lipinski definition) is 0. The summed E-state index contributed by atoms with van der Waals surface area (Å²) in [6, 6.07) is 0. The van der Waals surface area contributed by atoms with Crippen LogP contribution in [0.4, 0.5) is 4.39 Å². The fourth-order valence-corrected chi connectivity index (χ4v) is 5.19. The molecule has 0 radical (unpaired) electrons. The van der Waals surface area contributed by atoms with Crippen molar-refractivity contribution in [2.24, 2.45) is 21.8 Å². The summed E-state index contributed by atoms with van der Waals surface area (Å²) in [4.78, 5) is 12.1. The van der Waals surface area contributed by atoms with E-state index in [0.717, 1.165) is 30.7 Å². The molecule has 0 aromatic carbocycles. The monoisotopic (exact) mass is 461 g/mol. The van der Waals surface area contributed by atoms with Gasteiger partial charge in [-0.2, -0.15) is 0 Å². The van der Waals surface area contributed by atoms with Crippen LogP contribution < -0.4 is 0 Å². The molecular weight excluding hydrogens is 421 g/mol. The molecule has 1 saturated heterocycles. The van der Waals surface area contributed by atoms with E-state index in [2.05, 4.69) is 48.7 Å². The minimum absolute atomic E-state index is 0.311. The molecule has 0 aliphatic carbocycles. The third kappa shape index (κ3) is 7.17. The first-order valence-electron chi connectivity index (χ1n) is 11.7. The normalized spacial score (nSPS) is 22.4. The number of rotatable bonds is 13. The van der Waals surface area contributed by atoms with Gasteiger partial charge in [0.25, 0.3) is 0 Å². The lowest BCUT2D eigenvalue weighted by Crippen LogP contribution is -2.42. The van der Waals surface area contributed by atoms with Gasteiger partial charge in [0.15, 0.2) is 0 Å². The molecule has 4 atom stereocenters. The van der Waals surface area contributed by atoms with Crippen molar-refractivity contribution in [1.29, 1.82) is 0 Å². The molecular formula is C26H40FN3OS. The molecule has 0 spiro atoms. The van der Waals surface area contributed by atoms with Gasteiger partial charge in [-0.15, -0.1) is 18.3 Å². The van der Waals surface area contributed by atoms with Crippen LogP contribution in [-0.2, 0) is 4.74 Å². The van der Waals surface area contributed by atoms with Crippen molar-refractivity contribution >= 4 is 23.3 Å². The molecule has 0 N–H and O–H groups in total. The molecule has 1 fully saturated rings. The number of halogens is 1. The Kier molecular flexibility index (Phi) is 11.5. The van der Waals surface area contributed by atoms with Crippen LogP contribution >= 0.6 is 11.8 Å². The van der Waals surface area contributed by atoms with Crippen LogP contribution in [0, 0.1) is 11.8 Å². The fraction of sp³-hybridized carbons (Fsp3) is 0.615. The Hall–Kier alpha value is -1.66. The first-order valence-corrected chi connectivity index (χ1v) is 12.7. The van der Waals surface area contributed by atoms with Crippen LogP contribution in [0.25, 0.3) is 0 Å². The van der Waals surface area contributed by atoms with Gasteiger partial charge in [0.2, 0.25) is 0 Å². The number of alkyl halides is 1. The molecule has 0 saturated carbocycles. The third-order valence-electron chi connectivity index (χ3n) is 5.93. The lowest BCUT2D eigenvalue weighted by Gasteiger charge is -2.35. The Morgan fingerprint density at radius 3 is 2.84 bits per heavy atom. The van der Waals surface area contributed by atoms with Crippen LogP contribution in [-0.4, -0.2) is 61.2 Å². The number of nitrogens with zero attached hydrogens (tertiary/aromatic N) is 3. The summed E-state index contributed by atoms with van der Waals surface area (Å²) in [7, 11) is 1.80. The highest BCUT2D eigenvalue weighted by Gasteiger charge is 2.38. The van der Waals surface area contributed by atoms with E-state index < -0.39 is 6.17 Å². The first-order chi connectivity index (χ1) is 15.5. The zero-order valence-corrected chi connectivity index (χ0v) is 21.2. The molecule has 2 rings (SSSR count). The average molecular weight is 462 g/mol. The minimum Gasteiger partial charge on any atom is -0.377 e. The maximum atomic E-state index is 13.3. The first kappa shape index (κ1) is 26.6. The summed E-state index contributed by atoms with van der Waals surface area (Å²) in [5, 5.41) is 2.49. The number of ether oxygens (including phenoxy) is 1. The third-order valence-corrected chi connectivity index (χ3v) is 7.32. The molecule has 0 bridgehead atoms. The van der Waals surface area contributed by atoms with E-state index in [1.54, 1.807) is 20.0 Å². The van der Waals surface area contributed by atoms with Crippen LogP contribution in [0.3, 0.4) is 0 Å². The summed E-state index contributed by atoms with van der Waals surface area (Å²) in [5.74, 6) is 2.09. The topological polar surface area (TPSA) is 37.2 Å². The van der Waals surface area contributed by atoms with Crippen molar-refractivity contribution in [3.05, 3.63) is 47.6 Å². The summed E-state index contributed by atoms with van der Waals surface area (Å²) >= 11 is 1.86. The van der Waals surface area contributed by atoms with Gasteiger partial charge in [0, 0.05) is 30.8 Å². The number of allylic oxidation sites excluding steroid dienone is 4. The van der Waals surface area contributed by atoms with Gasteiger partial charge in [0.05, 0.1) is 30.7 Å². The quantitative estimate of drug-likeness (QED) is 0.185. The molecule has 6 heteroatoms. The Morgan fingerprint density at radius 2 is 2.22 bits per heavy atom. The van der Waals surface area contributed by atoms with E-state index in [9.17, 15) is 4.39 Å². The second kappa shape index (κ2) is 13.8. The Labute approximate surface area is 198 Å². The van der Waals surface area contributed by atoms with Crippen molar-refractivity contribution < 1.29 is 9.13 Å². The van der Waals surface area contributed by atoms with Gasteiger partial charge in [0.1, 0.15) is 12.0 Å². The molecule has 0 aromatic rings. The number of fused-ring (bicyclic) bond motifs is 1. The highest BCUT2D eigenvalue weighted by atomic mass is 32.2. The molecule has 2 aliphatic rings. The number of thioether (sulfide) groups is 1. The van der Waals surface area contributed by atoms with E-state index in [1.807, 2.05) is 23.9 Å². The number of amidine groups is 1. The second-order valence-corrected chi connectivity index (χ2v) is 9.60. The molecule has 178 valence electrons. The Morgan fingerprint density at radius 1 is 1.44 bits per heavy atom. The van der Waals surface area contributed by atoms with Crippen LogP contribution in [0.2, 0.25) is 0 Å². The van der Waals surface area contributed by atoms with Crippen molar-refractivity contribution in [3.8, 4) is 0 Å². The summed E-state index contributed by atoms with van der Waals surface area (Å²) in [5.41, 5.74) is 3.36. The smallest absolute Gasteiger partial charge is 0.117 e. The fourth-order valence-electron chi connectivity index (χ4n) is 4.08. The molecule has 2 aliphatic heterocycles. The van der Waals surface area contributed by atoms with Crippen molar-refractivity contribution in [2.45, 2.75) is 58.4 Å². The maximum Gasteiger partial charge on any atom is 0.117 e. The molecule has 4 nitrogen and oxygen atoms in total. The predicted octanol–water partition coefficient (Wildman–Crippen LogP) is 6.23. The van der Waals surface area contributed by atoms with E-state index in [1.165, 1.54) is 11.5 Å². The predicted molar refractivity (Wildman–Crippen MR) is 138 cm³/mol. The van der Waals surface area contributed by atoms with Gasteiger partial charge < -0.3 is 9.64 Å². The largest absolute Gasteiger partial charge is 0.377 e. The van der Waals surface area contributed by atoms with E-state index >= 15 is 0 Å². The maximum absolute atomic E-state index is 13.3. The number of aliphatic imine (C=N–C) groups is 2. The van der Waals surface area contributed by atoms with Crippen LogP contribution in [0.1, 0.15) is 47.0 Å². The average Bonchev–Trinajstić information content (AvgIpc) is 3.21. The zero-order chi connectivity index (χ0) is 23.5. The molecule has 0 amide bonds. The number of hydrogen-bond acceptors (Lipinski definition) is 5. The van der Waals surface area contributed by atoms with Gasteiger partial charge in [-0.05, 0) is 44.1 Å². The summed E-state index contributed by atoms with van der Waals surface area (Å²) < 4.78 is 19.1. The van der Waals surface area contributed by atoms with Crippen LogP contribution in [0.5, 0.6) is 0 Å². The van der Waals surface area contributed by atoms with Gasteiger partial charge in [-0.3, -0.25) is 9.98 Å². The van der Waals surface area contributed by atoms with Gasteiger partial charge in [-0.1, -0.05) is 38.5 Å². The molecule has 2 heterocycles. The van der Waals surface area contributed by atoms with E-state index in [-0.39, 0.29) is 0 Å². The lowest BCUT2D eigenvalue weighted by molar-refractivity contribution is 0.127. The van der Waals surface area contributed by atoms with Gasteiger partial charge >= 0.3 is 0 Å². The zero-order valence-electron chi connectivity index (χ0n) is 20.4. The molecule has 0 aromatic heterocycles. The molecule has 32 heavy (non-hydrogen) atoms. The summed E-state index contributed by atoms with van der Waals surface area (Å²) in [6.07, 6.45) is 9.32. The highest BCUT2D eigenvalue weighted by molar-refractivity contribution is 8.03. The second-order valence-electron chi connectivity index (χ2n) is 8.55. The van der Waals surface area contributed by atoms with Gasteiger partial charge in [-0.25, -0.2) is 4.39 Å². The highest BCUT2D eigenvalue weighted by Crippen LogP contribution is 2.37. The SMILES string of the molecule is C=CCOCC1CC2=C(C(/C=C\CC(C)F)=NC)CN=C(C(S/C=C\C)C(C)CC)N2C1. The van der Waals surface area contributed by atoms with Crippen molar-refractivity contribution in [3.63, 3.8) is 0 Å². The Balaban J connectivity index is 2.37. The standard InChI is InChI=1S/C26H40FN3OS/c1-7-13-31-18-21-15-24-22(23(28-6)12-10-11-20(5)27)16-29-26(30(24)17-21)25(19(4)9-3)32-14-8-2/h7-8,10,12,14,19-21,25H,1,9,11,13,15-18H2,2-6H3/b12-10-,14-8-,28-23?. The molecule has 4 unspecified atom stereocenters. The van der Waals surface area contributed by atoms with Crippen LogP contribution in [0.15, 0.2) is 57.5 Å². The van der Waals surface area contributed by atoms with Crippen molar-refractivity contribution in [1.82, 2.24) is 4.90 Å².